The third-order valence-electron chi connectivity index (χ3n) is 5.95. The summed E-state index contributed by atoms with van der Waals surface area (Å²) in [5.41, 5.74) is 4.36. The molecule has 1 atom stereocenters. The third kappa shape index (κ3) is 4.46. The van der Waals surface area contributed by atoms with Gasteiger partial charge in [0.1, 0.15) is 0 Å². The molecule has 4 rings (SSSR count). The molecule has 0 unspecified atom stereocenters. The van der Waals surface area contributed by atoms with E-state index < -0.39 is 16.1 Å². The number of methoxy groups -OCH3 is 2. The Labute approximate surface area is 201 Å². The van der Waals surface area contributed by atoms with Crippen LogP contribution in [0.3, 0.4) is 0 Å². The Bertz CT molecular complexity index is 1300. The van der Waals surface area contributed by atoms with Crippen molar-refractivity contribution in [2.24, 2.45) is 5.10 Å². The molecule has 0 N–H and O–H groups in total. The van der Waals surface area contributed by atoms with Crippen LogP contribution in [0, 0.1) is 6.92 Å². The summed E-state index contributed by atoms with van der Waals surface area (Å²) >= 11 is 0. The van der Waals surface area contributed by atoms with Crippen LogP contribution < -0.4 is 14.4 Å². The van der Waals surface area contributed by atoms with Gasteiger partial charge in [0.05, 0.1) is 30.9 Å². The lowest BCUT2D eigenvalue weighted by atomic mass is 9.98. The lowest BCUT2D eigenvalue weighted by Gasteiger charge is -2.24. The van der Waals surface area contributed by atoms with Gasteiger partial charge in [-0.05, 0) is 55.0 Å². The van der Waals surface area contributed by atoms with Gasteiger partial charge in [-0.2, -0.15) is 17.9 Å². The predicted octanol–water partition coefficient (Wildman–Crippen LogP) is 4.62. The zero-order valence-electron chi connectivity index (χ0n) is 20.0. The Balaban J connectivity index is 1.79. The van der Waals surface area contributed by atoms with E-state index in [0.717, 1.165) is 22.4 Å². The molecule has 3 aromatic rings. The quantitative estimate of drug-likeness (QED) is 0.495. The second-order valence-corrected chi connectivity index (χ2v) is 10.2. The molecule has 34 heavy (non-hydrogen) atoms. The number of ether oxygens (including phenoxy) is 2. The number of nitrogens with zero attached hydrogens (tertiary/aromatic N) is 3. The van der Waals surface area contributed by atoms with Crippen molar-refractivity contribution in [3.63, 3.8) is 0 Å². The molecule has 7 nitrogen and oxygen atoms in total. The van der Waals surface area contributed by atoms with Crippen molar-refractivity contribution in [3.05, 3.63) is 83.4 Å². The minimum Gasteiger partial charge on any atom is -0.493 e. The number of hydrogen-bond donors (Lipinski definition) is 0. The van der Waals surface area contributed by atoms with E-state index in [1.165, 1.54) is 4.41 Å². The molecule has 178 valence electrons. The van der Waals surface area contributed by atoms with Gasteiger partial charge in [0.2, 0.25) is 0 Å². The van der Waals surface area contributed by atoms with E-state index in [0.29, 0.717) is 23.6 Å². The average Bonchev–Trinajstić information content (AvgIpc) is 3.30. The average molecular weight is 480 g/mol. The highest BCUT2D eigenvalue weighted by Crippen LogP contribution is 2.39. The molecule has 3 aromatic carbocycles. The van der Waals surface area contributed by atoms with Crippen molar-refractivity contribution in [1.29, 1.82) is 0 Å². The van der Waals surface area contributed by atoms with Crippen molar-refractivity contribution in [2.75, 3.05) is 33.2 Å². The number of aryl methyl sites for hydroxylation is 1. The van der Waals surface area contributed by atoms with Gasteiger partial charge in [0.15, 0.2) is 11.5 Å². The molecule has 1 aliphatic heterocycles. The Morgan fingerprint density at radius 2 is 1.56 bits per heavy atom. The summed E-state index contributed by atoms with van der Waals surface area (Å²) in [5, 5.41) is 4.63. The number of anilines is 1. The highest BCUT2D eigenvalue weighted by molar-refractivity contribution is 7.89. The molecule has 0 aromatic heterocycles. The molecule has 1 aliphatic rings. The van der Waals surface area contributed by atoms with Gasteiger partial charge in [-0.1, -0.05) is 29.8 Å². The molecule has 0 radical (unpaired) electrons. The third-order valence-corrected chi connectivity index (χ3v) is 7.65. The van der Waals surface area contributed by atoms with E-state index in [2.05, 4.69) is 5.10 Å². The summed E-state index contributed by atoms with van der Waals surface area (Å²) in [7, 11) is 3.22. The predicted molar refractivity (Wildman–Crippen MR) is 134 cm³/mol. The summed E-state index contributed by atoms with van der Waals surface area (Å²) in [4.78, 5) is 2.22. The Morgan fingerprint density at radius 3 is 2.15 bits per heavy atom. The van der Waals surface area contributed by atoms with E-state index in [1.807, 2.05) is 62.3 Å². The number of rotatable bonds is 7. The molecule has 0 saturated carbocycles. The van der Waals surface area contributed by atoms with E-state index in [-0.39, 0.29) is 4.90 Å². The highest BCUT2D eigenvalue weighted by atomic mass is 32.2. The van der Waals surface area contributed by atoms with Gasteiger partial charge >= 0.3 is 0 Å². The van der Waals surface area contributed by atoms with Crippen LogP contribution in [0.15, 0.2) is 76.7 Å². The van der Waals surface area contributed by atoms with Crippen LogP contribution in [0.4, 0.5) is 5.69 Å². The fraction of sp³-hybridized carbons (Fsp3) is 0.269. The van der Waals surface area contributed by atoms with E-state index in [9.17, 15) is 8.42 Å². The Hall–Kier alpha value is -3.52. The van der Waals surface area contributed by atoms with Gasteiger partial charge in [-0.15, -0.1) is 0 Å². The molecule has 0 amide bonds. The minimum atomic E-state index is -3.87. The molecule has 0 bridgehead atoms. The normalized spacial score (nSPS) is 15.7. The summed E-state index contributed by atoms with van der Waals surface area (Å²) in [6, 6.07) is 19.8. The molecule has 8 heteroatoms. The SMILES string of the molecule is COc1ccc(C2=NN(S(=O)(=O)c3ccc(C)cc3)[C@@H](c3ccc(N(C)C)cc3)C2)cc1OC. The molecule has 0 saturated heterocycles. The van der Waals surface area contributed by atoms with E-state index in [1.54, 1.807) is 44.6 Å². The van der Waals surface area contributed by atoms with Crippen molar-refractivity contribution < 1.29 is 17.9 Å². The largest absolute Gasteiger partial charge is 0.493 e. The first kappa shape index (κ1) is 23.6. The Kier molecular flexibility index (Phi) is 6.52. The van der Waals surface area contributed by atoms with Gasteiger partial charge in [0, 0.05) is 31.8 Å². The first-order valence-electron chi connectivity index (χ1n) is 10.9. The summed E-state index contributed by atoms with van der Waals surface area (Å²) in [6.07, 6.45) is 0.432. The minimum absolute atomic E-state index is 0.213. The zero-order chi connectivity index (χ0) is 24.5. The fourth-order valence-corrected chi connectivity index (χ4v) is 5.39. The van der Waals surface area contributed by atoms with Gasteiger partial charge in [-0.25, -0.2) is 0 Å². The first-order valence-corrected chi connectivity index (χ1v) is 12.4. The number of hydrazone groups is 1. The first-order chi connectivity index (χ1) is 16.2. The van der Waals surface area contributed by atoms with E-state index in [4.69, 9.17) is 9.47 Å². The van der Waals surface area contributed by atoms with Crippen LogP contribution in [-0.2, 0) is 10.0 Å². The standard InChI is InChI=1S/C26H29N3O4S/c1-18-6-13-22(14-7-18)34(30,31)29-24(19-8-11-21(12-9-19)28(2)3)17-23(27-29)20-10-15-25(32-4)26(16-20)33-5/h6-16,24H,17H2,1-5H3/t24-/m1/s1. The number of hydrogen-bond acceptors (Lipinski definition) is 6. The van der Waals surface area contributed by atoms with Crippen molar-refractivity contribution in [1.82, 2.24) is 4.41 Å². The van der Waals surface area contributed by atoms with Crippen molar-refractivity contribution in [2.45, 2.75) is 24.3 Å². The van der Waals surface area contributed by atoms with Crippen LogP contribution >= 0.6 is 0 Å². The second kappa shape index (κ2) is 9.38. The van der Waals surface area contributed by atoms with Crippen LogP contribution in [0.25, 0.3) is 0 Å². The summed E-state index contributed by atoms with van der Waals surface area (Å²) < 4.78 is 39.4. The molecular formula is C26H29N3O4S. The molecule has 0 spiro atoms. The zero-order valence-corrected chi connectivity index (χ0v) is 20.8. The van der Waals surface area contributed by atoms with Gasteiger partial charge in [0.25, 0.3) is 10.0 Å². The monoisotopic (exact) mass is 479 g/mol. The molecule has 0 aliphatic carbocycles. The fourth-order valence-electron chi connectivity index (χ4n) is 3.96. The summed E-state index contributed by atoms with van der Waals surface area (Å²) in [5.74, 6) is 1.17. The lowest BCUT2D eigenvalue weighted by Crippen LogP contribution is -2.27. The highest BCUT2D eigenvalue weighted by Gasteiger charge is 2.38. The lowest BCUT2D eigenvalue weighted by molar-refractivity contribution is 0.355. The van der Waals surface area contributed by atoms with Crippen LogP contribution in [0.2, 0.25) is 0 Å². The van der Waals surface area contributed by atoms with Crippen molar-refractivity contribution >= 4 is 21.4 Å². The van der Waals surface area contributed by atoms with E-state index >= 15 is 0 Å². The number of sulfonamides is 1. The maximum atomic E-state index is 13.7. The smallest absolute Gasteiger partial charge is 0.279 e. The van der Waals surface area contributed by atoms with Crippen LogP contribution in [0.5, 0.6) is 11.5 Å². The van der Waals surface area contributed by atoms with Gasteiger partial charge < -0.3 is 14.4 Å². The van der Waals surface area contributed by atoms with Gasteiger partial charge in [-0.3, -0.25) is 0 Å². The molecule has 0 fully saturated rings. The van der Waals surface area contributed by atoms with Crippen LogP contribution in [-0.4, -0.2) is 46.9 Å². The molecule has 1 heterocycles. The Morgan fingerprint density at radius 1 is 0.912 bits per heavy atom. The molecular weight excluding hydrogens is 450 g/mol. The maximum Gasteiger partial charge on any atom is 0.279 e. The van der Waals surface area contributed by atoms with Crippen LogP contribution in [0.1, 0.15) is 29.2 Å². The van der Waals surface area contributed by atoms with Crippen molar-refractivity contribution in [3.8, 4) is 11.5 Å². The second-order valence-electron chi connectivity index (χ2n) is 8.41. The topological polar surface area (TPSA) is 71.4 Å². The summed E-state index contributed by atoms with van der Waals surface area (Å²) in [6.45, 7) is 1.93. The maximum absolute atomic E-state index is 13.7. The number of benzene rings is 3.